The Bertz CT molecular complexity index is 932. The van der Waals surface area contributed by atoms with Crippen LogP contribution in [0, 0.1) is 6.92 Å². The van der Waals surface area contributed by atoms with Gasteiger partial charge in [-0.25, -0.2) is 4.79 Å². The summed E-state index contributed by atoms with van der Waals surface area (Å²) in [4.78, 5) is 11.5. The van der Waals surface area contributed by atoms with Crippen LogP contribution in [0.5, 0.6) is 5.75 Å². The molecule has 3 aromatic rings. The summed E-state index contributed by atoms with van der Waals surface area (Å²) in [5.74, 6) is 0.669. The van der Waals surface area contributed by atoms with E-state index in [4.69, 9.17) is 13.9 Å². The fourth-order valence-electron chi connectivity index (χ4n) is 2.68. The SMILES string of the molecule is COCc1cc(CNC(C)COc2ccc3c(C)cc(=O)oc3c2)n[nH]1. The van der Waals surface area contributed by atoms with Crippen molar-refractivity contribution in [2.75, 3.05) is 13.7 Å². The van der Waals surface area contributed by atoms with Gasteiger partial charge in [-0.05, 0) is 37.6 Å². The lowest BCUT2D eigenvalue weighted by Gasteiger charge is -2.14. The van der Waals surface area contributed by atoms with Crippen molar-refractivity contribution in [3.8, 4) is 5.75 Å². The number of H-pyrrole nitrogens is 1. The lowest BCUT2D eigenvalue weighted by Crippen LogP contribution is -2.31. The molecule has 2 N–H and O–H groups in total. The smallest absolute Gasteiger partial charge is 0.336 e. The van der Waals surface area contributed by atoms with Gasteiger partial charge in [-0.3, -0.25) is 5.10 Å². The Labute approximate surface area is 151 Å². The number of nitrogens with zero attached hydrogens (tertiary/aromatic N) is 1. The maximum atomic E-state index is 11.5. The first-order valence-corrected chi connectivity index (χ1v) is 8.48. The summed E-state index contributed by atoms with van der Waals surface area (Å²) < 4.78 is 16.1. The van der Waals surface area contributed by atoms with Crippen molar-refractivity contribution < 1.29 is 13.9 Å². The monoisotopic (exact) mass is 357 g/mol. The van der Waals surface area contributed by atoms with E-state index in [0.29, 0.717) is 31.1 Å². The maximum absolute atomic E-state index is 11.5. The first-order chi connectivity index (χ1) is 12.5. The van der Waals surface area contributed by atoms with Crippen LogP contribution in [0.2, 0.25) is 0 Å². The Morgan fingerprint density at radius 2 is 2.15 bits per heavy atom. The van der Waals surface area contributed by atoms with E-state index in [9.17, 15) is 4.79 Å². The number of benzene rings is 1. The van der Waals surface area contributed by atoms with E-state index in [1.807, 2.05) is 32.0 Å². The van der Waals surface area contributed by atoms with Crippen molar-refractivity contribution in [1.29, 1.82) is 0 Å². The number of hydrogen-bond acceptors (Lipinski definition) is 6. The predicted molar refractivity (Wildman–Crippen MR) is 98.3 cm³/mol. The Balaban J connectivity index is 1.54. The van der Waals surface area contributed by atoms with Gasteiger partial charge in [0, 0.05) is 37.2 Å². The summed E-state index contributed by atoms with van der Waals surface area (Å²) in [6.07, 6.45) is 0. The number of methoxy groups -OCH3 is 1. The van der Waals surface area contributed by atoms with E-state index in [1.165, 1.54) is 6.07 Å². The Morgan fingerprint density at radius 3 is 2.96 bits per heavy atom. The molecule has 2 heterocycles. The van der Waals surface area contributed by atoms with Gasteiger partial charge in [0.1, 0.15) is 17.9 Å². The predicted octanol–water partition coefficient (Wildman–Crippen LogP) is 2.53. The summed E-state index contributed by atoms with van der Waals surface area (Å²) in [7, 11) is 1.65. The first-order valence-electron chi connectivity index (χ1n) is 8.48. The summed E-state index contributed by atoms with van der Waals surface area (Å²) in [6, 6.07) is 9.12. The molecule has 1 aromatic carbocycles. The third kappa shape index (κ3) is 4.50. The molecule has 0 aliphatic rings. The van der Waals surface area contributed by atoms with Crippen LogP contribution in [0.15, 0.2) is 39.5 Å². The zero-order valence-electron chi connectivity index (χ0n) is 15.2. The zero-order valence-corrected chi connectivity index (χ0v) is 15.2. The molecule has 7 heteroatoms. The molecule has 0 fully saturated rings. The van der Waals surface area contributed by atoms with Crippen LogP contribution in [-0.2, 0) is 17.9 Å². The minimum absolute atomic E-state index is 0.123. The molecule has 0 amide bonds. The standard InChI is InChI=1S/C19H23N3O4/c1-12-6-19(23)26-18-8-16(4-5-17(12)18)25-10-13(2)20-9-14-7-15(11-24-3)22-21-14/h4-8,13,20H,9-11H2,1-3H3,(H,21,22). The molecule has 1 unspecified atom stereocenters. The molecule has 0 aliphatic carbocycles. The second-order valence-corrected chi connectivity index (χ2v) is 6.32. The number of aryl methyl sites for hydroxylation is 1. The highest BCUT2D eigenvalue weighted by Gasteiger charge is 2.08. The molecule has 0 spiro atoms. The molecule has 0 aliphatic heterocycles. The molecule has 1 atom stereocenters. The minimum Gasteiger partial charge on any atom is -0.492 e. The van der Waals surface area contributed by atoms with Gasteiger partial charge in [-0.15, -0.1) is 0 Å². The lowest BCUT2D eigenvalue weighted by atomic mass is 10.1. The molecule has 0 saturated heterocycles. The molecule has 26 heavy (non-hydrogen) atoms. The largest absolute Gasteiger partial charge is 0.492 e. The number of fused-ring (bicyclic) bond motifs is 1. The van der Waals surface area contributed by atoms with Crippen LogP contribution in [0.1, 0.15) is 23.9 Å². The summed E-state index contributed by atoms with van der Waals surface area (Å²) in [5.41, 5.74) is 2.95. The molecule has 3 rings (SSSR count). The number of ether oxygens (including phenoxy) is 2. The molecule has 138 valence electrons. The van der Waals surface area contributed by atoms with Crippen LogP contribution in [0.4, 0.5) is 0 Å². The van der Waals surface area contributed by atoms with Crippen molar-refractivity contribution in [2.45, 2.75) is 33.0 Å². The van der Waals surface area contributed by atoms with Crippen molar-refractivity contribution >= 4 is 11.0 Å². The summed E-state index contributed by atoms with van der Waals surface area (Å²) in [5, 5.41) is 11.4. The van der Waals surface area contributed by atoms with Crippen LogP contribution < -0.4 is 15.7 Å². The van der Waals surface area contributed by atoms with Crippen molar-refractivity contribution in [2.24, 2.45) is 0 Å². The normalized spacial score (nSPS) is 12.4. The Kier molecular flexibility index (Phi) is 5.70. The molecule has 0 saturated carbocycles. The lowest BCUT2D eigenvalue weighted by molar-refractivity contribution is 0.181. The van der Waals surface area contributed by atoms with Crippen LogP contribution in [-0.4, -0.2) is 30.0 Å². The highest BCUT2D eigenvalue weighted by Crippen LogP contribution is 2.22. The second-order valence-electron chi connectivity index (χ2n) is 6.32. The third-order valence-electron chi connectivity index (χ3n) is 4.04. The molecular formula is C19H23N3O4. The summed E-state index contributed by atoms with van der Waals surface area (Å²) >= 11 is 0. The van der Waals surface area contributed by atoms with E-state index in [-0.39, 0.29) is 11.7 Å². The third-order valence-corrected chi connectivity index (χ3v) is 4.04. The molecule has 7 nitrogen and oxygen atoms in total. The fourth-order valence-corrected chi connectivity index (χ4v) is 2.68. The van der Waals surface area contributed by atoms with Crippen molar-refractivity contribution in [3.63, 3.8) is 0 Å². The van der Waals surface area contributed by atoms with Gasteiger partial charge in [0.15, 0.2) is 0 Å². The average Bonchev–Trinajstić information content (AvgIpc) is 3.05. The number of hydrogen-bond donors (Lipinski definition) is 2. The van der Waals surface area contributed by atoms with Crippen LogP contribution in [0.3, 0.4) is 0 Å². The van der Waals surface area contributed by atoms with E-state index >= 15 is 0 Å². The van der Waals surface area contributed by atoms with Crippen molar-refractivity contribution in [3.05, 3.63) is 57.7 Å². The second kappa shape index (κ2) is 8.16. The quantitative estimate of drug-likeness (QED) is 0.602. The fraction of sp³-hybridized carbons (Fsp3) is 0.368. The van der Waals surface area contributed by atoms with E-state index in [1.54, 1.807) is 13.2 Å². The topological polar surface area (TPSA) is 89.4 Å². The van der Waals surface area contributed by atoms with Gasteiger partial charge < -0.3 is 19.2 Å². The molecular weight excluding hydrogens is 334 g/mol. The molecule has 0 bridgehead atoms. The first kappa shape index (κ1) is 18.2. The molecule has 2 aromatic heterocycles. The van der Waals surface area contributed by atoms with Crippen LogP contribution in [0.25, 0.3) is 11.0 Å². The Hall–Kier alpha value is -2.64. The maximum Gasteiger partial charge on any atom is 0.336 e. The Morgan fingerprint density at radius 1 is 1.31 bits per heavy atom. The number of rotatable bonds is 8. The van der Waals surface area contributed by atoms with E-state index < -0.39 is 0 Å². The van der Waals surface area contributed by atoms with Gasteiger partial charge in [0.05, 0.1) is 18.0 Å². The molecule has 0 radical (unpaired) electrons. The number of aromatic nitrogens is 2. The minimum atomic E-state index is -0.353. The highest BCUT2D eigenvalue weighted by molar-refractivity contribution is 5.81. The van der Waals surface area contributed by atoms with Gasteiger partial charge in [-0.1, -0.05) is 0 Å². The number of aromatic amines is 1. The number of nitrogens with one attached hydrogen (secondary N) is 2. The van der Waals surface area contributed by atoms with E-state index in [0.717, 1.165) is 22.3 Å². The average molecular weight is 357 g/mol. The van der Waals surface area contributed by atoms with E-state index in [2.05, 4.69) is 15.5 Å². The van der Waals surface area contributed by atoms with Crippen molar-refractivity contribution in [1.82, 2.24) is 15.5 Å². The van der Waals surface area contributed by atoms with Crippen LogP contribution >= 0.6 is 0 Å². The van der Waals surface area contributed by atoms with Gasteiger partial charge in [0.25, 0.3) is 0 Å². The highest BCUT2D eigenvalue weighted by atomic mass is 16.5. The summed E-state index contributed by atoms with van der Waals surface area (Å²) in [6.45, 7) is 5.56. The van der Waals surface area contributed by atoms with Gasteiger partial charge in [0.2, 0.25) is 0 Å². The van der Waals surface area contributed by atoms with Gasteiger partial charge in [-0.2, -0.15) is 5.10 Å². The van der Waals surface area contributed by atoms with Gasteiger partial charge >= 0.3 is 5.63 Å². The zero-order chi connectivity index (χ0) is 18.5.